The van der Waals surface area contributed by atoms with Gasteiger partial charge < -0.3 is 15.2 Å². The van der Waals surface area contributed by atoms with E-state index in [9.17, 15) is 13.2 Å². The Hall–Kier alpha value is -2.15. The van der Waals surface area contributed by atoms with Gasteiger partial charge in [-0.05, 0) is 43.7 Å². The standard InChI is InChI=1S/C25H33ClN2O5S/c1-6-25(22(27)29,28-34(30,31)7-2)23(3,4)20-11-8-16-24(18-20,32-5)33-17-9-10-19-12-14-21(26)15-13-19/h8,11-16,28H,6-7,17-18H2,1-5H3,(H2,27,29). The molecular formula is C25H33ClN2O5S. The summed E-state index contributed by atoms with van der Waals surface area (Å²) in [6.45, 7) is 6.92. The third-order valence-corrected chi connectivity index (χ3v) is 8.10. The molecule has 3 N–H and O–H groups in total. The van der Waals surface area contributed by atoms with E-state index in [0.29, 0.717) is 5.02 Å². The second-order valence-corrected chi connectivity index (χ2v) is 11.0. The Labute approximate surface area is 207 Å². The summed E-state index contributed by atoms with van der Waals surface area (Å²) in [7, 11) is -2.20. The average Bonchev–Trinajstić information content (AvgIpc) is 2.81. The van der Waals surface area contributed by atoms with Gasteiger partial charge in [0.1, 0.15) is 12.1 Å². The summed E-state index contributed by atoms with van der Waals surface area (Å²) in [5, 5.41) is 0.634. The molecule has 2 rings (SSSR count). The first-order valence-corrected chi connectivity index (χ1v) is 13.0. The van der Waals surface area contributed by atoms with E-state index in [4.69, 9.17) is 26.8 Å². The van der Waals surface area contributed by atoms with Crippen molar-refractivity contribution in [3.05, 3.63) is 58.7 Å². The minimum absolute atomic E-state index is 0.0890. The highest BCUT2D eigenvalue weighted by atomic mass is 35.5. The number of benzene rings is 1. The lowest BCUT2D eigenvalue weighted by molar-refractivity contribution is -0.181. The molecule has 0 aromatic heterocycles. The van der Waals surface area contributed by atoms with Crippen LogP contribution in [0.5, 0.6) is 0 Å². The van der Waals surface area contributed by atoms with E-state index >= 15 is 0 Å². The summed E-state index contributed by atoms with van der Waals surface area (Å²) in [5.41, 5.74) is 4.84. The van der Waals surface area contributed by atoms with Crippen molar-refractivity contribution in [1.29, 1.82) is 0 Å². The van der Waals surface area contributed by atoms with Crippen LogP contribution in [0.1, 0.15) is 46.1 Å². The van der Waals surface area contributed by atoms with Crippen molar-refractivity contribution in [3.63, 3.8) is 0 Å². The van der Waals surface area contributed by atoms with E-state index in [1.807, 2.05) is 18.2 Å². The molecule has 1 aromatic carbocycles. The normalized spacial score (nSPS) is 20.1. The first-order valence-electron chi connectivity index (χ1n) is 11.0. The molecule has 2 unspecified atom stereocenters. The third kappa shape index (κ3) is 6.09. The molecule has 0 radical (unpaired) electrons. The third-order valence-electron chi connectivity index (χ3n) is 6.43. The number of halogens is 1. The number of allylic oxidation sites excluding steroid dienone is 2. The molecule has 1 aromatic rings. The van der Waals surface area contributed by atoms with Crippen LogP contribution in [0.25, 0.3) is 0 Å². The number of hydrogen-bond acceptors (Lipinski definition) is 5. The average molecular weight is 509 g/mol. The Morgan fingerprint density at radius 1 is 1.26 bits per heavy atom. The van der Waals surface area contributed by atoms with E-state index in [0.717, 1.165) is 11.1 Å². The van der Waals surface area contributed by atoms with Crippen molar-refractivity contribution < 1.29 is 22.7 Å². The number of carbonyl (C=O) groups is 1. The molecule has 1 amide bonds. The molecule has 9 heteroatoms. The highest BCUT2D eigenvalue weighted by Crippen LogP contribution is 2.46. The number of hydrogen-bond donors (Lipinski definition) is 2. The molecule has 0 fully saturated rings. The number of primary amides is 1. The molecule has 0 saturated carbocycles. The Bertz CT molecular complexity index is 1120. The van der Waals surface area contributed by atoms with Crippen molar-refractivity contribution in [1.82, 2.24) is 4.72 Å². The fraction of sp³-hybridized carbons (Fsp3) is 0.480. The summed E-state index contributed by atoms with van der Waals surface area (Å²) in [4.78, 5) is 12.7. The van der Waals surface area contributed by atoms with Crippen LogP contribution in [0.2, 0.25) is 5.02 Å². The van der Waals surface area contributed by atoms with Gasteiger partial charge in [-0.25, -0.2) is 8.42 Å². The lowest BCUT2D eigenvalue weighted by Gasteiger charge is -2.47. The zero-order valence-electron chi connectivity index (χ0n) is 20.3. The Balaban J connectivity index is 2.30. The second kappa shape index (κ2) is 11.1. The molecule has 0 aliphatic heterocycles. The molecule has 0 bridgehead atoms. The van der Waals surface area contributed by atoms with Crippen molar-refractivity contribution in [2.75, 3.05) is 19.5 Å². The first-order chi connectivity index (χ1) is 15.9. The minimum Gasteiger partial charge on any atom is -0.368 e. The number of amides is 1. The van der Waals surface area contributed by atoms with Crippen molar-refractivity contribution in [3.8, 4) is 11.8 Å². The zero-order valence-corrected chi connectivity index (χ0v) is 21.8. The van der Waals surface area contributed by atoms with Gasteiger partial charge in [-0.2, -0.15) is 4.72 Å². The van der Waals surface area contributed by atoms with Crippen LogP contribution in [0, 0.1) is 17.3 Å². The van der Waals surface area contributed by atoms with Crippen molar-refractivity contribution >= 4 is 27.5 Å². The van der Waals surface area contributed by atoms with E-state index in [-0.39, 0.29) is 25.2 Å². The summed E-state index contributed by atoms with van der Waals surface area (Å²) in [5.74, 6) is 3.93. The number of carbonyl (C=O) groups excluding carboxylic acids is 1. The summed E-state index contributed by atoms with van der Waals surface area (Å²) in [6, 6.07) is 7.16. The van der Waals surface area contributed by atoms with E-state index in [2.05, 4.69) is 16.6 Å². The van der Waals surface area contributed by atoms with Gasteiger partial charge in [0.15, 0.2) is 5.79 Å². The summed E-state index contributed by atoms with van der Waals surface area (Å²) in [6.07, 6.45) is 5.81. The minimum atomic E-state index is -3.72. The predicted molar refractivity (Wildman–Crippen MR) is 134 cm³/mol. The molecular weight excluding hydrogens is 476 g/mol. The summed E-state index contributed by atoms with van der Waals surface area (Å²) >= 11 is 5.90. The molecule has 34 heavy (non-hydrogen) atoms. The number of sulfonamides is 1. The highest BCUT2D eigenvalue weighted by Gasteiger charge is 2.54. The van der Waals surface area contributed by atoms with Crippen LogP contribution in [0.15, 0.2) is 48.1 Å². The molecule has 2 atom stereocenters. The fourth-order valence-electron chi connectivity index (χ4n) is 4.04. The van der Waals surface area contributed by atoms with Crippen LogP contribution in [0.4, 0.5) is 0 Å². The quantitative estimate of drug-likeness (QED) is 0.371. The lowest BCUT2D eigenvalue weighted by Crippen LogP contribution is -2.66. The maximum absolute atomic E-state index is 12.7. The van der Waals surface area contributed by atoms with Gasteiger partial charge in [0.2, 0.25) is 15.9 Å². The van der Waals surface area contributed by atoms with Crippen molar-refractivity contribution in [2.24, 2.45) is 11.1 Å². The van der Waals surface area contributed by atoms with Gasteiger partial charge in [0.25, 0.3) is 0 Å². The molecule has 1 aliphatic carbocycles. The van der Waals surface area contributed by atoms with Crippen LogP contribution in [-0.2, 0) is 24.3 Å². The lowest BCUT2D eigenvalue weighted by atomic mass is 9.64. The zero-order chi connectivity index (χ0) is 25.6. The van der Waals surface area contributed by atoms with E-state index in [1.165, 1.54) is 14.0 Å². The van der Waals surface area contributed by atoms with Gasteiger partial charge in [-0.15, -0.1) is 0 Å². The maximum Gasteiger partial charge on any atom is 0.239 e. The topological polar surface area (TPSA) is 108 Å². The fourth-order valence-corrected chi connectivity index (χ4v) is 5.34. The number of methoxy groups -OCH3 is 1. The largest absolute Gasteiger partial charge is 0.368 e. The number of rotatable bonds is 10. The monoisotopic (exact) mass is 508 g/mol. The highest BCUT2D eigenvalue weighted by molar-refractivity contribution is 7.89. The first kappa shape index (κ1) is 28.1. The smallest absolute Gasteiger partial charge is 0.239 e. The van der Waals surface area contributed by atoms with Crippen LogP contribution < -0.4 is 10.5 Å². The SMILES string of the molecule is CCC(NS(=O)(=O)CC)(C(N)=O)C(C)(C)C1=CC=CC(OC)(OCC#Cc2ccc(Cl)cc2)C1. The molecule has 186 valence electrons. The van der Waals surface area contributed by atoms with Gasteiger partial charge in [-0.1, -0.05) is 61.9 Å². The number of ether oxygens (including phenoxy) is 2. The predicted octanol–water partition coefficient (Wildman–Crippen LogP) is 3.54. The van der Waals surface area contributed by atoms with Gasteiger partial charge in [-0.3, -0.25) is 4.79 Å². The van der Waals surface area contributed by atoms with Crippen LogP contribution in [0.3, 0.4) is 0 Å². The Kier molecular flexibility index (Phi) is 9.14. The number of nitrogens with one attached hydrogen (secondary N) is 1. The molecule has 0 saturated heterocycles. The second-order valence-electron chi connectivity index (χ2n) is 8.59. The van der Waals surface area contributed by atoms with Gasteiger partial charge in [0.05, 0.1) is 5.75 Å². The molecule has 7 nitrogen and oxygen atoms in total. The molecule has 0 heterocycles. The molecule has 1 aliphatic rings. The van der Waals surface area contributed by atoms with Gasteiger partial charge in [0, 0.05) is 29.5 Å². The maximum atomic E-state index is 12.7. The molecule has 0 spiro atoms. The summed E-state index contributed by atoms with van der Waals surface area (Å²) < 4.78 is 39.3. The van der Waals surface area contributed by atoms with E-state index in [1.54, 1.807) is 45.1 Å². The van der Waals surface area contributed by atoms with Gasteiger partial charge >= 0.3 is 0 Å². The Morgan fingerprint density at radius 2 is 1.91 bits per heavy atom. The van der Waals surface area contributed by atoms with Crippen LogP contribution >= 0.6 is 11.6 Å². The van der Waals surface area contributed by atoms with Crippen molar-refractivity contribution in [2.45, 2.75) is 51.9 Å². The van der Waals surface area contributed by atoms with E-state index < -0.39 is 32.7 Å². The van der Waals surface area contributed by atoms with Crippen LogP contribution in [-0.4, -0.2) is 45.1 Å². The number of nitrogens with two attached hydrogens (primary N) is 1. The Morgan fingerprint density at radius 3 is 2.44 bits per heavy atom.